The number of aromatic nitrogens is 1. The summed E-state index contributed by atoms with van der Waals surface area (Å²) in [5, 5.41) is 3.29. The molecule has 0 bridgehead atoms. The smallest absolute Gasteiger partial charge is 0.219 e. The molecule has 1 aromatic heterocycles. The van der Waals surface area contributed by atoms with Crippen LogP contribution in [-0.4, -0.2) is 17.5 Å². The molecule has 1 heterocycles. The van der Waals surface area contributed by atoms with Gasteiger partial charge in [0.05, 0.1) is 0 Å². The van der Waals surface area contributed by atoms with E-state index in [1.54, 1.807) is 0 Å². The van der Waals surface area contributed by atoms with Gasteiger partial charge in [0.2, 0.25) is 5.91 Å². The molecule has 16 heavy (non-hydrogen) atoms. The first kappa shape index (κ1) is 12.8. The van der Waals surface area contributed by atoms with Crippen molar-refractivity contribution in [3.8, 4) is 0 Å². The Morgan fingerprint density at radius 3 is 2.75 bits per heavy atom. The van der Waals surface area contributed by atoms with Crippen LogP contribution in [-0.2, 0) is 11.3 Å². The predicted molar refractivity (Wildman–Crippen MR) is 64.9 cm³/mol. The number of nitrogens with zero attached hydrogens (tertiary/aromatic N) is 1. The Morgan fingerprint density at radius 2 is 2.25 bits per heavy atom. The van der Waals surface area contributed by atoms with E-state index in [4.69, 9.17) is 5.73 Å². The van der Waals surface area contributed by atoms with E-state index in [2.05, 4.69) is 31.4 Å². The Hall–Kier alpha value is -1.29. The number of nitrogens with one attached hydrogen (secondary N) is 1. The number of carbonyl (C=O) groups is 1. The van der Waals surface area contributed by atoms with Gasteiger partial charge in [-0.3, -0.25) is 4.79 Å². The monoisotopic (exact) mass is 223 g/mol. The van der Waals surface area contributed by atoms with Gasteiger partial charge in [-0.05, 0) is 24.6 Å². The molecule has 90 valence electrons. The topological polar surface area (TPSA) is 60.1 Å². The van der Waals surface area contributed by atoms with Gasteiger partial charge < -0.3 is 15.6 Å². The molecule has 0 radical (unpaired) electrons. The zero-order chi connectivity index (χ0) is 12.1. The molecular weight excluding hydrogens is 202 g/mol. The quantitative estimate of drug-likeness (QED) is 0.763. The van der Waals surface area contributed by atoms with Crippen LogP contribution in [0.3, 0.4) is 0 Å². The van der Waals surface area contributed by atoms with Gasteiger partial charge in [-0.1, -0.05) is 13.8 Å². The van der Waals surface area contributed by atoms with Crippen LogP contribution in [0.5, 0.6) is 0 Å². The van der Waals surface area contributed by atoms with Gasteiger partial charge in [-0.2, -0.15) is 0 Å². The molecule has 1 atom stereocenters. The molecule has 0 spiro atoms. The Labute approximate surface area is 96.8 Å². The van der Waals surface area contributed by atoms with Gasteiger partial charge in [-0.25, -0.2) is 0 Å². The summed E-state index contributed by atoms with van der Waals surface area (Å²) >= 11 is 0. The largest absolute Gasteiger partial charge is 0.370 e. The van der Waals surface area contributed by atoms with Crippen molar-refractivity contribution in [3.63, 3.8) is 0 Å². The summed E-state index contributed by atoms with van der Waals surface area (Å²) in [6.07, 6.45) is 4.45. The lowest BCUT2D eigenvalue weighted by molar-refractivity contribution is -0.118. The summed E-state index contributed by atoms with van der Waals surface area (Å²) in [7, 11) is 1.96. The van der Waals surface area contributed by atoms with Crippen molar-refractivity contribution >= 4 is 5.91 Å². The van der Waals surface area contributed by atoms with E-state index in [1.165, 1.54) is 5.56 Å². The molecule has 4 heteroatoms. The molecule has 1 unspecified atom stereocenters. The van der Waals surface area contributed by atoms with Crippen LogP contribution >= 0.6 is 0 Å². The van der Waals surface area contributed by atoms with Crippen LogP contribution in [0.15, 0.2) is 18.5 Å². The van der Waals surface area contributed by atoms with Crippen LogP contribution in [0.2, 0.25) is 0 Å². The first-order valence-corrected chi connectivity index (χ1v) is 5.66. The normalized spacial score (nSPS) is 13.0. The third kappa shape index (κ3) is 3.38. The fourth-order valence-corrected chi connectivity index (χ4v) is 1.91. The van der Waals surface area contributed by atoms with Gasteiger partial charge in [0.25, 0.3) is 0 Å². The van der Waals surface area contributed by atoms with Gasteiger partial charge >= 0.3 is 0 Å². The lowest BCUT2D eigenvalue weighted by Gasteiger charge is -2.18. The molecule has 0 saturated heterocycles. The van der Waals surface area contributed by atoms with E-state index >= 15 is 0 Å². The highest BCUT2D eigenvalue weighted by Gasteiger charge is 2.14. The average molecular weight is 223 g/mol. The van der Waals surface area contributed by atoms with Crippen LogP contribution in [0.1, 0.15) is 31.9 Å². The first-order valence-electron chi connectivity index (χ1n) is 5.66. The highest BCUT2D eigenvalue weighted by atomic mass is 16.1. The number of carbonyl (C=O) groups excluding carboxylic acids is 1. The SMILES string of the molecule is CNC(c1ccn(CCC(N)=O)c1)C(C)C. The number of primary amides is 1. The minimum Gasteiger partial charge on any atom is -0.370 e. The minimum absolute atomic E-state index is 0.260. The Morgan fingerprint density at radius 1 is 1.56 bits per heavy atom. The number of aryl methyl sites for hydroxylation is 1. The number of hydrogen-bond acceptors (Lipinski definition) is 2. The summed E-state index contributed by atoms with van der Waals surface area (Å²) in [5.74, 6) is 0.279. The highest BCUT2D eigenvalue weighted by Crippen LogP contribution is 2.21. The third-order valence-electron chi connectivity index (χ3n) is 2.73. The number of amides is 1. The summed E-state index contributed by atoms with van der Waals surface area (Å²) in [6.45, 7) is 5.02. The van der Waals surface area contributed by atoms with Crippen molar-refractivity contribution < 1.29 is 4.79 Å². The second-order valence-corrected chi connectivity index (χ2v) is 4.41. The maximum absolute atomic E-state index is 10.7. The van der Waals surface area contributed by atoms with E-state index in [9.17, 15) is 4.79 Å². The molecule has 0 aliphatic rings. The van der Waals surface area contributed by atoms with Crippen molar-refractivity contribution in [2.75, 3.05) is 7.05 Å². The van der Waals surface area contributed by atoms with Crippen molar-refractivity contribution in [3.05, 3.63) is 24.0 Å². The van der Waals surface area contributed by atoms with E-state index < -0.39 is 0 Å². The molecule has 3 N–H and O–H groups in total. The molecule has 4 nitrogen and oxygen atoms in total. The second-order valence-electron chi connectivity index (χ2n) is 4.41. The van der Waals surface area contributed by atoms with E-state index in [0.717, 1.165) is 0 Å². The molecule has 0 aliphatic heterocycles. The van der Waals surface area contributed by atoms with Crippen LogP contribution in [0, 0.1) is 5.92 Å². The molecule has 0 fully saturated rings. The fraction of sp³-hybridized carbons (Fsp3) is 0.583. The molecule has 1 rings (SSSR count). The van der Waals surface area contributed by atoms with Crippen LogP contribution < -0.4 is 11.1 Å². The molecule has 1 amide bonds. The molecule has 0 saturated carbocycles. The molecule has 0 aromatic carbocycles. The maximum atomic E-state index is 10.7. The third-order valence-corrected chi connectivity index (χ3v) is 2.73. The van der Waals surface area contributed by atoms with Gasteiger partial charge in [-0.15, -0.1) is 0 Å². The fourth-order valence-electron chi connectivity index (χ4n) is 1.91. The first-order chi connectivity index (χ1) is 7.54. The number of hydrogen-bond donors (Lipinski definition) is 2. The van der Waals surface area contributed by atoms with Gasteiger partial charge in [0, 0.05) is 31.4 Å². The van der Waals surface area contributed by atoms with E-state index in [1.807, 2.05) is 17.8 Å². The van der Waals surface area contributed by atoms with Crippen molar-refractivity contribution in [1.29, 1.82) is 0 Å². The Balaban J connectivity index is 2.66. The predicted octanol–water partition coefficient (Wildman–Crippen LogP) is 1.28. The summed E-state index contributed by atoms with van der Waals surface area (Å²) < 4.78 is 2.01. The second kappa shape index (κ2) is 5.70. The maximum Gasteiger partial charge on any atom is 0.219 e. The highest BCUT2D eigenvalue weighted by molar-refractivity contribution is 5.73. The standard InChI is InChI=1S/C12H21N3O/c1-9(2)12(14-3)10-4-6-15(8-10)7-5-11(13)16/h4,6,8-9,12,14H,5,7H2,1-3H3,(H2,13,16). The van der Waals surface area contributed by atoms with Crippen LogP contribution in [0.4, 0.5) is 0 Å². The lowest BCUT2D eigenvalue weighted by atomic mass is 9.99. The van der Waals surface area contributed by atoms with Crippen molar-refractivity contribution in [1.82, 2.24) is 9.88 Å². The minimum atomic E-state index is -0.260. The number of nitrogens with two attached hydrogens (primary N) is 1. The Kier molecular flexibility index (Phi) is 4.55. The Bertz CT molecular complexity index is 344. The summed E-state index contributed by atoms with van der Waals surface area (Å²) in [5.41, 5.74) is 6.37. The summed E-state index contributed by atoms with van der Waals surface area (Å²) in [6, 6.07) is 2.44. The zero-order valence-electron chi connectivity index (χ0n) is 10.2. The lowest BCUT2D eigenvalue weighted by Crippen LogP contribution is -2.21. The van der Waals surface area contributed by atoms with Crippen LogP contribution in [0.25, 0.3) is 0 Å². The van der Waals surface area contributed by atoms with Gasteiger partial charge in [0.15, 0.2) is 0 Å². The average Bonchev–Trinajstić information content (AvgIpc) is 2.64. The van der Waals surface area contributed by atoms with E-state index in [0.29, 0.717) is 24.9 Å². The van der Waals surface area contributed by atoms with Gasteiger partial charge in [0.1, 0.15) is 0 Å². The molecule has 0 aliphatic carbocycles. The molecular formula is C12H21N3O. The van der Waals surface area contributed by atoms with E-state index in [-0.39, 0.29) is 5.91 Å². The number of rotatable bonds is 6. The van der Waals surface area contributed by atoms with Crippen molar-refractivity contribution in [2.24, 2.45) is 11.7 Å². The summed E-state index contributed by atoms with van der Waals surface area (Å²) in [4.78, 5) is 10.7. The van der Waals surface area contributed by atoms with Crippen molar-refractivity contribution in [2.45, 2.75) is 32.9 Å². The molecule has 1 aromatic rings. The zero-order valence-corrected chi connectivity index (χ0v) is 10.2.